The number of nitrogens with one attached hydrogen (secondary N) is 2. The van der Waals surface area contributed by atoms with Crippen LogP contribution in [0.5, 0.6) is 0 Å². The Morgan fingerprint density at radius 2 is 2.27 bits per heavy atom. The van der Waals surface area contributed by atoms with Crippen molar-refractivity contribution in [1.29, 1.82) is 0 Å². The number of rotatable bonds is 4. The first-order chi connectivity index (χ1) is 12.7. The summed E-state index contributed by atoms with van der Waals surface area (Å²) in [7, 11) is 0. The van der Waals surface area contributed by atoms with Gasteiger partial charge in [-0.05, 0) is 37.5 Å². The topological polar surface area (TPSA) is 83.1 Å². The lowest BCUT2D eigenvalue weighted by atomic mass is 9.89. The fourth-order valence-corrected chi connectivity index (χ4v) is 3.72. The second-order valence-corrected chi connectivity index (χ2v) is 7.03. The zero-order chi connectivity index (χ0) is 17.9. The quantitative estimate of drug-likeness (QED) is 0.866. The molecule has 0 spiro atoms. The lowest BCUT2D eigenvalue weighted by Gasteiger charge is -2.28. The van der Waals surface area contributed by atoms with Crippen LogP contribution in [0.25, 0.3) is 0 Å². The Hall–Kier alpha value is -2.41. The van der Waals surface area contributed by atoms with Crippen molar-refractivity contribution in [2.75, 3.05) is 31.2 Å². The van der Waals surface area contributed by atoms with Gasteiger partial charge < -0.3 is 19.9 Å². The Bertz CT molecular complexity index is 782. The Kier molecular flexibility index (Phi) is 4.88. The van der Waals surface area contributed by atoms with Gasteiger partial charge in [-0.15, -0.1) is 0 Å². The average Bonchev–Trinajstić information content (AvgIpc) is 3.06. The van der Waals surface area contributed by atoms with Gasteiger partial charge in [0.25, 0.3) is 0 Å². The number of carbonyl (C=O) groups is 1. The fraction of sp³-hybridized carbons (Fsp3) is 0.526. The molecule has 26 heavy (non-hydrogen) atoms. The molecule has 2 N–H and O–H groups in total. The standard InChI is InChI=1S/C19H25N5O2/c1-13-22-16-3-2-15(11-17(16)23-13)19(25)21-12-14-4-5-20-18(10-14)24-6-8-26-9-7-24/h4-5,10,15H,2-3,6-9,11-12H2,1H3,(H,21,25)(H,22,23)/t15-/m0/s1. The van der Waals surface area contributed by atoms with E-state index in [1.54, 1.807) is 0 Å². The number of amides is 1. The van der Waals surface area contributed by atoms with Crippen molar-refractivity contribution in [3.63, 3.8) is 0 Å². The highest BCUT2D eigenvalue weighted by molar-refractivity contribution is 5.79. The number of aryl methyl sites for hydroxylation is 2. The summed E-state index contributed by atoms with van der Waals surface area (Å²) in [4.78, 5) is 27.0. The molecule has 138 valence electrons. The summed E-state index contributed by atoms with van der Waals surface area (Å²) in [5, 5.41) is 3.09. The molecule has 0 saturated carbocycles. The molecule has 1 fully saturated rings. The third-order valence-electron chi connectivity index (χ3n) is 5.15. The van der Waals surface area contributed by atoms with E-state index >= 15 is 0 Å². The minimum Gasteiger partial charge on any atom is -0.378 e. The Morgan fingerprint density at radius 1 is 1.42 bits per heavy atom. The van der Waals surface area contributed by atoms with Gasteiger partial charge in [0.1, 0.15) is 11.6 Å². The van der Waals surface area contributed by atoms with Crippen LogP contribution in [0.2, 0.25) is 0 Å². The van der Waals surface area contributed by atoms with Crippen LogP contribution in [0.4, 0.5) is 5.82 Å². The van der Waals surface area contributed by atoms with Crippen LogP contribution in [-0.2, 0) is 28.9 Å². The van der Waals surface area contributed by atoms with Gasteiger partial charge in [-0.1, -0.05) is 0 Å². The molecule has 1 atom stereocenters. The summed E-state index contributed by atoms with van der Waals surface area (Å²) in [6, 6.07) is 4.02. The first kappa shape index (κ1) is 17.0. The molecule has 0 bridgehead atoms. The van der Waals surface area contributed by atoms with E-state index in [2.05, 4.69) is 31.2 Å². The van der Waals surface area contributed by atoms with E-state index in [0.717, 1.165) is 74.2 Å². The molecular formula is C19H25N5O2. The lowest BCUT2D eigenvalue weighted by molar-refractivity contribution is -0.125. The van der Waals surface area contributed by atoms with Crippen molar-refractivity contribution >= 4 is 11.7 Å². The summed E-state index contributed by atoms with van der Waals surface area (Å²) in [6.45, 7) is 5.68. The lowest BCUT2D eigenvalue weighted by Crippen LogP contribution is -2.37. The first-order valence-electron chi connectivity index (χ1n) is 9.29. The van der Waals surface area contributed by atoms with E-state index in [-0.39, 0.29) is 11.8 Å². The highest BCUT2D eigenvalue weighted by Crippen LogP contribution is 2.24. The number of nitrogens with zero attached hydrogens (tertiary/aromatic N) is 3. The van der Waals surface area contributed by atoms with Crippen LogP contribution in [0.15, 0.2) is 18.3 Å². The van der Waals surface area contributed by atoms with Crippen LogP contribution in [0.3, 0.4) is 0 Å². The predicted molar refractivity (Wildman–Crippen MR) is 98.0 cm³/mol. The Labute approximate surface area is 153 Å². The summed E-state index contributed by atoms with van der Waals surface area (Å²) >= 11 is 0. The van der Waals surface area contributed by atoms with Crippen molar-refractivity contribution in [3.05, 3.63) is 41.1 Å². The third kappa shape index (κ3) is 3.72. The minimum atomic E-state index is 0.0166. The number of aromatic nitrogens is 3. The second kappa shape index (κ2) is 7.45. The van der Waals surface area contributed by atoms with Crippen LogP contribution in [0.1, 0.15) is 29.2 Å². The maximum Gasteiger partial charge on any atom is 0.223 e. The van der Waals surface area contributed by atoms with Crippen molar-refractivity contribution in [2.24, 2.45) is 5.92 Å². The van der Waals surface area contributed by atoms with Crippen LogP contribution in [-0.4, -0.2) is 47.2 Å². The van der Waals surface area contributed by atoms with Crippen LogP contribution in [0, 0.1) is 12.8 Å². The number of hydrogen-bond donors (Lipinski definition) is 2. The van der Waals surface area contributed by atoms with E-state index in [4.69, 9.17) is 4.74 Å². The zero-order valence-electron chi connectivity index (χ0n) is 15.1. The number of fused-ring (bicyclic) bond motifs is 1. The molecule has 1 saturated heterocycles. The van der Waals surface area contributed by atoms with Crippen molar-refractivity contribution in [3.8, 4) is 0 Å². The molecular weight excluding hydrogens is 330 g/mol. The molecule has 2 aromatic rings. The van der Waals surface area contributed by atoms with Gasteiger partial charge in [0.05, 0.1) is 18.9 Å². The van der Waals surface area contributed by atoms with E-state index in [1.807, 2.05) is 19.2 Å². The third-order valence-corrected chi connectivity index (χ3v) is 5.15. The molecule has 1 amide bonds. The SMILES string of the molecule is Cc1nc2c([nH]1)C[C@@H](C(=O)NCc1ccnc(N3CCOCC3)c1)CC2. The molecule has 0 radical (unpaired) electrons. The van der Waals surface area contributed by atoms with Crippen molar-refractivity contribution in [2.45, 2.75) is 32.7 Å². The number of pyridine rings is 1. The van der Waals surface area contributed by atoms with Gasteiger partial charge in [0.2, 0.25) is 5.91 Å². The molecule has 1 aliphatic heterocycles. The van der Waals surface area contributed by atoms with Crippen LogP contribution >= 0.6 is 0 Å². The maximum atomic E-state index is 12.6. The molecule has 2 aliphatic rings. The van der Waals surface area contributed by atoms with E-state index in [1.165, 1.54) is 0 Å². The molecule has 3 heterocycles. The number of carbonyl (C=O) groups excluding carboxylic acids is 1. The Balaban J connectivity index is 1.34. The van der Waals surface area contributed by atoms with Crippen LogP contribution < -0.4 is 10.2 Å². The Morgan fingerprint density at radius 3 is 3.12 bits per heavy atom. The molecule has 0 aromatic carbocycles. The van der Waals surface area contributed by atoms with E-state index in [0.29, 0.717) is 6.54 Å². The van der Waals surface area contributed by atoms with Gasteiger partial charge in [-0.3, -0.25) is 4.79 Å². The summed E-state index contributed by atoms with van der Waals surface area (Å²) in [5.41, 5.74) is 3.31. The number of H-pyrrole nitrogens is 1. The number of aromatic amines is 1. The summed E-state index contributed by atoms with van der Waals surface area (Å²) in [5.74, 6) is 2.02. The van der Waals surface area contributed by atoms with Crippen molar-refractivity contribution in [1.82, 2.24) is 20.3 Å². The smallest absolute Gasteiger partial charge is 0.223 e. The van der Waals surface area contributed by atoms with Gasteiger partial charge in [0, 0.05) is 43.9 Å². The second-order valence-electron chi connectivity index (χ2n) is 7.03. The maximum absolute atomic E-state index is 12.6. The number of hydrogen-bond acceptors (Lipinski definition) is 5. The minimum absolute atomic E-state index is 0.0166. The monoisotopic (exact) mass is 355 g/mol. The molecule has 7 heteroatoms. The highest BCUT2D eigenvalue weighted by Gasteiger charge is 2.26. The van der Waals surface area contributed by atoms with E-state index < -0.39 is 0 Å². The number of ether oxygens (including phenoxy) is 1. The fourth-order valence-electron chi connectivity index (χ4n) is 3.72. The van der Waals surface area contributed by atoms with Gasteiger partial charge in [-0.2, -0.15) is 0 Å². The normalized spacial score (nSPS) is 19.9. The molecule has 4 rings (SSSR count). The zero-order valence-corrected chi connectivity index (χ0v) is 15.1. The van der Waals surface area contributed by atoms with Crippen molar-refractivity contribution < 1.29 is 9.53 Å². The summed E-state index contributed by atoms with van der Waals surface area (Å²) < 4.78 is 5.39. The number of morpholine rings is 1. The molecule has 0 unspecified atom stereocenters. The number of imidazole rings is 1. The largest absolute Gasteiger partial charge is 0.378 e. The van der Waals surface area contributed by atoms with Gasteiger partial charge in [0.15, 0.2) is 0 Å². The van der Waals surface area contributed by atoms with E-state index in [9.17, 15) is 4.79 Å². The highest BCUT2D eigenvalue weighted by atomic mass is 16.5. The molecule has 1 aliphatic carbocycles. The number of anilines is 1. The molecule has 2 aromatic heterocycles. The van der Waals surface area contributed by atoms with Gasteiger partial charge >= 0.3 is 0 Å². The summed E-state index contributed by atoms with van der Waals surface area (Å²) in [6.07, 6.45) is 4.29. The average molecular weight is 355 g/mol. The predicted octanol–water partition coefficient (Wildman–Crippen LogP) is 1.37. The first-order valence-corrected chi connectivity index (χ1v) is 9.29. The van der Waals surface area contributed by atoms with Gasteiger partial charge in [-0.25, -0.2) is 9.97 Å². The molecule has 7 nitrogen and oxygen atoms in total.